The van der Waals surface area contributed by atoms with Crippen LogP contribution in [0.2, 0.25) is 5.02 Å². The third kappa shape index (κ3) is 4.02. The zero-order chi connectivity index (χ0) is 17.1. The Kier molecular flexibility index (Phi) is 5.64. The van der Waals surface area contributed by atoms with Gasteiger partial charge in [0.1, 0.15) is 6.04 Å². The first-order valence-corrected chi connectivity index (χ1v) is 9.06. The minimum absolute atomic E-state index is 0.0413. The predicted octanol–water partition coefficient (Wildman–Crippen LogP) is 1.97. The zero-order valence-corrected chi connectivity index (χ0v) is 15.1. The summed E-state index contributed by atoms with van der Waals surface area (Å²) in [5, 5.41) is 7.09. The molecule has 2 fully saturated rings. The van der Waals surface area contributed by atoms with E-state index in [1.54, 1.807) is 0 Å². The van der Waals surface area contributed by atoms with Gasteiger partial charge in [-0.15, -0.1) is 0 Å². The van der Waals surface area contributed by atoms with E-state index in [9.17, 15) is 4.79 Å². The Morgan fingerprint density at radius 2 is 2.33 bits per heavy atom. The summed E-state index contributed by atoms with van der Waals surface area (Å²) in [4.78, 5) is 14.7. The molecule has 0 bridgehead atoms. The van der Waals surface area contributed by atoms with E-state index in [0.717, 1.165) is 31.1 Å². The van der Waals surface area contributed by atoms with Crippen molar-refractivity contribution in [2.45, 2.75) is 32.4 Å². The number of hydrogen-bond donors (Lipinski definition) is 2. The third-order valence-electron chi connectivity index (χ3n) is 4.96. The summed E-state index contributed by atoms with van der Waals surface area (Å²) in [6.45, 7) is 8.11. The van der Waals surface area contributed by atoms with Gasteiger partial charge in [-0.1, -0.05) is 17.7 Å². The SMILES string of the molecule is Cc1ccc(Cl)cc1N1CCC(CNC(=O)[C@H]2NCCO[C@@H]2C)C1. The molecule has 24 heavy (non-hydrogen) atoms. The summed E-state index contributed by atoms with van der Waals surface area (Å²) in [5.41, 5.74) is 2.44. The Morgan fingerprint density at radius 3 is 3.12 bits per heavy atom. The van der Waals surface area contributed by atoms with E-state index in [1.807, 2.05) is 19.1 Å². The highest BCUT2D eigenvalue weighted by Gasteiger charge is 2.30. The molecule has 1 aromatic carbocycles. The van der Waals surface area contributed by atoms with Gasteiger partial charge in [-0.2, -0.15) is 0 Å². The summed E-state index contributed by atoms with van der Waals surface area (Å²) in [5.74, 6) is 0.506. The Balaban J connectivity index is 1.51. The molecule has 2 aliphatic rings. The number of aryl methyl sites for hydroxylation is 1. The maximum Gasteiger partial charge on any atom is 0.239 e. The number of rotatable bonds is 4. The van der Waals surface area contributed by atoms with E-state index < -0.39 is 0 Å². The lowest BCUT2D eigenvalue weighted by molar-refractivity contribution is -0.129. The number of benzene rings is 1. The highest BCUT2D eigenvalue weighted by Crippen LogP contribution is 2.29. The minimum atomic E-state index is -0.244. The third-order valence-corrected chi connectivity index (χ3v) is 5.20. The second-order valence-electron chi connectivity index (χ2n) is 6.78. The van der Waals surface area contributed by atoms with Gasteiger partial charge in [0, 0.05) is 36.9 Å². The summed E-state index contributed by atoms with van der Waals surface area (Å²) >= 11 is 6.13. The first-order chi connectivity index (χ1) is 11.5. The molecule has 0 aliphatic carbocycles. The van der Waals surface area contributed by atoms with Gasteiger partial charge in [-0.05, 0) is 43.9 Å². The fourth-order valence-electron chi connectivity index (χ4n) is 3.52. The summed E-state index contributed by atoms with van der Waals surface area (Å²) in [6.07, 6.45) is 1.00. The summed E-state index contributed by atoms with van der Waals surface area (Å²) in [6, 6.07) is 5.77. The molecule has 1 amide bonds. The van der Waals surface area contributed by atoms with Gasteiger partial charge in [0.25, 0.3) is 0 Å². The average Bonchev–Trinajstić information content (AvgIpc) is 3.04. The number of carbonyl (C=O) groups is 1. The number of hydrogen-bond acceptors (Lipinski definition) is 4. The summed E-state index contributed by atoms with van der Waals surface area (Å²) < 4.78 is 5.54. The number of carbonyl (C=O) groups excluding carboxylic acids is 1. The van der Waals surface area contributed by atoms with Crippen LogP contribution in [-0.2, 0) is 9.53 Å². The Hall–Kier alpha value is -1.30. The van der Waals surface area contributed by atoms with Crippen molar-refractivity contribution in [3.05, 3.63) is 28.8 Å². The maximum atomic E-state index is 12.3. The van der Waals surface area contributed by atoms with E-state index in [-0.39, 0.29) is 18.1 Å². The fraction of sp³-hybridized carbons (Fsp3) is 0.611. The normalized spacial score (nSPS) is 27.3. The van der Waals surface area contributed by atoms with Crippen molar-refractivity contribution in [1.82, 2.24) is 10.6 Å². The molecule has 5 nitrogen and oxygen atoms in total. The predicted molar refractivity (Wildman–Crippen MR) is 96.7 cm³/mol. The molecule has 1 unspecified atom stereocenters. The molecule has 2 N–H and O–H groups in total. The number of amides is 1. The van der Waals surface area contributed by atoms with Crippen molar-refractivity contribution in [2.24, 2.45) is 5.92 Å². The molecule has 0 radical (unpaired) electrons. The van der Waals surface area contributed by atoms with E-state index in [2.05, 4.69) is 28.5 Å². The lowest BCUT2D eigenvalue weighted by Crippen LogP contribution is -2.56. The first-order valence-electron chi connectivity index (χ1n) is 8.68. The standard InChI is InChI=1S/C18H26ClN3O2/c1-12-3-4-15(19)9-16(12)22-7-5-14(11-22)10-21-18(23)17-13(2)24-8-6-20-17/h3-4,9,13-14,17,20H,5-8,10-11H2,1-2H3,(H,21,23)/t13-,14?,17+/m1/s1. The van der Waals surface area contributed by atoms with E-state index in [0.29, 0.717) is 19.1 Å². The Labute approximate surface area is 148 Å². The van der Waals surface area contributed by atoms with Crippen LogP contribution in [0.1, 0.15) is 18.9 Å². The van der Waals surface area contributed by atoms with Crippen molar-refractivity contribution < 1.29 is 9.53 Å². The molecule has 0 spiro atoms. The molecule has 0 aromatic heterocycles. The van der Waals surface area contributed by atoms with Crippen LogP contribution in [0.5, 0.6) is 0 Å². The maximum absolute atomic E-state index is 12.3. The van der Waals surface area contributed by atoms with Gasteiger partial charge in [0.2, 0.25) is 5.91 Å². The van der Waals surface area contributed by atoms with Crippen LogP contribution in [0.15, 0.2) is 18.2 Å². The zero-order valence-electron chi connectivity index (χ0n) is 14.3. The second kappa shape index (κ2) is 7.72. The molecule has 2 heterocycles. The van der Waals surface area contributed by atoms with E-state index >= 15 is 0 Å². The Morgan fingerprint density at radius 1 is 1.50 bits per heavy atom. The number of morpholine rings is 1. The summed E-state index contributed by atoms with van der Waals surface area (Å²) in [7, 11) is 0. The minimum Gasteiger partial charge on any atom is -0.375 e. The molecular weight excluding hydrogens is 326 g/mol. The quantitative estimate of drug-likeness (QED) is 0.870. The molecule has 132 valence electrons. The molecule has 3 atom stereocenters. The highest BCUT2D eigenvalue weighted by molar-refractivity contribution is 6.30. The van der Waals surface area contributed by atoms with Gasteiger partial charge >= 0.3 is 0 Å². The van der Waals surface area contributed by atoms with Crippen molar-refractivity contribution >= 4 is 23.2 Å². The van der Waals surface area contributed by atoms with Crippen LogP contribution in [0.3, 0.4) is 0 Å². The number of anilines is 1. The van der Waals surface area contributed by atoms with Gasteiger partial charge in [-0.25, -0.2) is 0 Å². The molecule has 1 aromatic rings. The average molecular weight is 352 g/mol. The van der Waals surface area contributed by atoms with Gasteiger partial charge < -0.3 is 20.3 Å². The number of halogens is 1. The highest BCUT2D eigenvalue weighted by atomic mass is 35.5. The van der Waals surface area contributed by atoms with Crippen molar-refractivity contribution in [3.63, 3.8) is 0 Å². The fourth-order valence-corrected chi connectivity index (χ4v) is 3.69. The van der Waals surface area contributed by atoms with Crippen LogP contribution < -0.4 is 15.5 Å². The van der Waals surface area contributed by atoms with Crippen LogP contribution in [0, 0.1) is 12.8 Å². The monoisotopic (exact) mass is 351 g/mol. The second-order valence-corrected chi connectivity index (χ2v) is 7.22. The molecule has 2 saturated heterocycles. The van der Waals surface area contributed by atoms with Crippen molar-refractivity contribution in [2.75, 3.05) is 37.7 Å². The number of nitrogens with zero attached hydrogens (tertiary/aromatic N) is 1. The Bertz CT molecular complexity index is 596. The topological polar surface area (TPSA) is 53.6 Å². The van der Waals surface area contributed by atoms with Gasteiger partial charge in [0.05, 0.1) is 12.7 Å². The van der Waals surface area contributed by atoms with Gasteiger partial charge in [-0.3, -0.25) is 4.79 Å². The van der Waals surface area contributed by atoms with Crippen LogP contribution in [0.25, 0.3) is 0 Å². The first kappa shape index (κ1) is 17.5. The lowest BCUT2D eigenvalue weighted by Gasteiger charge is -2.29. The molecule has 6 heteroatoms. The van der Waals surface area contributed by atoms with Crippen molar-refractivity contribution in [3.8, 4) is 0 Å². The largest absolute Gasteiger partial charge is 0.375 e. The molecule has 3 rings (SSSR count). The van der Waals surface area contributed by atoms with Gasteiger partial charge in [0.15, 0.2) is 0 Å². The smallest absolute Gasteiger partial charge is 0.239 e. The lowest BCUT2D eigenvalue weighted by atomic mass is 10.1. The van der Waals surface area contributed by atoms with E-state index in [4.69, 9.17) is 16.3 Å². The van der Waals surface area contributed by atoms with Crippen LogP contribution in [0.4, 0.5) is 5.69 Å². The molecule has 2 aliphatic heterocycles. The number of nitrogens with one attached hydrogen (secondary N) is 2. The van der Waals surface area contributed by atoms with Crippen LogP contribution in [-0.4, -0.2) is 50.8 Å². The van der Waals surface area contributed by atoms with E-state index in [1.165, 1.54) is 11.3 Å². The van der Waals surface area contributed by atoms with Crippen molar-refractivity contribution in [1.29, 1.82) is 0 Å². The molecule has 0 saturated carbocycles. The van der Waals surface area contributed by atoms with Crippen LogP contribution >= 0.6 is 11.6 Å². The number of ether oxygens (including phenoxy) is 1. The molecular formula is C18H26ClN3O2.